The monoisotopic (exact) mass is 252 g/mol. The largest absolute Gasteiger partial charge is 0.353 e. The lowest BCUT2D eigenvalue weighted by molar-refractivity contribution is -0.127. The Labute approximate surface area is 111 Å². The lowest BCUT2D eigenvalue weighted by Gasteiger charge is -2.35. The fourth-order valence-electron chi connectivity index (χ4n) is 3.55. The highest BCUT2D eigenvalue weighted by Crippen LogP contribution is 2.29. The molecule has 0 bridgehead atoms. The molecule has 1 saturated heterocycles. The van der Waals surface area contributed by atoms with Gasteiger partial charge in [0.25, 0.3) is 0 Å². The van der Waals surface area contributed by atoms with Crippen molar-refractivity contribution in [2.45, 2.75) is 65.0 Å². The molecule has 1 saturated carbocycles. The number of carbonyl (C=O) groups is 1. The Morgan fingerprint density at radius 3 is 2.56 bits per heavy atom. The van der Waals surface area contributed by atoms with Crippen LogP contribution in [0.2, 0.25) is 0 Å². The van der Waals surface area contributed by atoms with Crippen molar-refractivity contribution in [3.8, 4) is 0 Å². The van der Waals surface area contributed by atoms with Crippen molar-refractivity contribution in [2.24, 2.45) is 17.8 Å². The fraction of sp³-hybridized carbons (Fsp3) is 0.933. The van der Waals surface area contributed by atoms with Gasteiger partial charge >= 0.3 is 0 Å². The third-order valence-electron chi connectivity index (χ3n) is 4.75. The highest BCUT2D eigenvalue weighted by Gasteiger charge is 2.30. The van der Waals surface area contributed by atoms with E-state index in [2.05, 4.69) is 31.4 Å². The molecule has 0 aromatic carbocycles. The van der Waals surface area contributed by atoms with Crippen LogP contribution in [-0.2, 0) is 4.79 Å². The van der Waals surface area contributed by atoms with Gasteiger partial charge in [-0.3, -0.25) is 4.79 Å². The Morgan fingerprint density at radius 1 is 1.11 bits per heavy atom. The summed E-state index contributed by atoms with van der Waals surface area (Å²) in [4.78, 5) is 12.3. The van der Waals surface area contributed by atoms with E-state index in [0.717, 1.165) is 31.7 Å². The van der Waals surface area contributed by atoms with Crippen LogP contribution >= 0.6 is 0 Å². The van der Waals surface area contributed by atoms with Gasteiger partial charge in [0.1, 0.15) is 0 Å². The minimum absolute atomic E-state index is 0.229. The van der Waals surface area contributed by atoms with Gasteiger partial charge in [0.2, 0.25) is 5.91 Å². The molecule has 0 radical (unpaired) electrons. The van der Waals surface area contributed by atoms with E-state index in [-0.39, 0.29) is 5.92 Å². The second-order valence-electron chi connectivity index (χ2n) is 6.59. The predicted molar refractivity (Wildman–Crippen MR) is 74.3 cm³/mol. The molecule has 1 amide bonds. The predicted octanol–water partition coefficient (Wildman–Crippen LogP) is 2.32. The summed E-state index contributed by atoms with van der Waals surface area (Å²) in [6.45, 7) is 7.76. The highest BCUT2D eigenvalue weighted by molar-refractivity contribution is 5.79. The van der Waals surface area contributed by atoms with Gasteiger partial charge in [-0.05, 0) is 57.4 Å². The second-order valence-corrected chi connectivity index (χ2v) is 6.59. The van der Waals surface area contributed by atoms with Crippen LogP contribution in [0, 0.1) is 17.8 Å². The zero-order valence-electron chi connectivity index (χ0n) is 12.0. The first-order chi connectivity index (χ1) is 8.56. The van der Waals surface area contributed by atoms with Gasteiger partial charge in [-0.15, -0.1) is 0 Å². The minimum Gasteiger partial charge on any atom is -0.353 e. The van der Waals surface area contributed by atoms with Gasteiger partial charge in [0.15, 0.2) is 0 Å². The molecule has 5 unspecified atom stereocenters. The number of piperidine rings is 1. The zero-order valence-corrected chi connectivity index (χ0v) is 12.0. The van der Waals surface area contributed by atoms with Crippen LogP contribution in [0.5, 0.6) is 0 Å². The first-order valence-corrected chi connectivity index (χ1v) is 7.60. The molecular formula is C15H28N2O. The number of carbonyl (C=O) groups excluding carboxylic acids is 1. The third kappa shape index (κ3) is 3.47. The van der Waals surface area contributed by atoms with Crippen molar-refractivity contribution in [3.05, 3.63) is 0 Å². The molecule has 0 aromatic heterocycles. The van der Waals surface area contributed by atoms with E-state index < -0.39 is 0 Å². The van der Waals surface area contributed by atoms with Crippen molar-refractivity contribution < 1.29 is 4.79 Å². The van der Waals surface area contributed by atoms with Gasteiger partial charge in [0.05, 0.1) is 0 Å². The molecule has 5 atom stereocenters. The highest BCUT2D eigenvalue weighted by atomic mass is 16.1. The van der Waals surface area contributed by atoms with Crippen molar-refractivity contribution in [3.63, 3.8) is 0 Å². The molecular weight excluding hydrogens is 224 g/mol. The summed E-state index contributed by atoms with van der Waals surface area (Å²) in [6.07, 6.45) is 5.66. The lowest BCUT2D eigenvalue weighted by Crippen LogP contribution is -2.48. The van der Waals surface area contributed by atoms with Crippen LogP contribution in [0.15, 0.2) is 0 Å². The van der Waals surface area contributed by atoms with E-state index in [9.17, 15) is 4.79 Å². The van der Waals surface area contributed by atoms with Gasteiger partial charge in [-0.1, -0.05) is 13.8 Å². The van der Waals surface area contributed by atoms with Crippen LogP contribution < -0.4 is 10.6 Å². The van der Waals surface area contributed by atoms with Crippen molar-refractivity contribution in [1.29, 1.82) is 0 Å². The van der Waals surface area contributed by atoms with E-state index in [0.29, 0.717) is 23.9 Å². The molecule has 18 heavy (non-hydrogen) atoms. The quantitative estimate of drug-likeness (QED) is 0.792. The summed E-state index contributed by atoms with van der Waals surface area (Å²) >= 11 is 0. The Kier molecular flexibility index (Phi) is 4.66. The average Bonchev–Trinajstić information content (AvgIpc) is 2.32. The van der Waals surface area contributed by atoms with Crippen molar-refractivity contribution >= 4 is 5.91 Å². The molecule has 1 aliphatic heterocycles. The Morgan fingerprint density at radius 2 is 1.89 bits per heavy atom. The minimum atomic E-state index is 0.229. The van der Waals surface area contributed by atoms with Crippen LogP contribution in [0.3, 0.4) is 0 Å². The normalized spacial score (nSPS) is 41.4. The molecule has 1 aliphatic carbocycles. The standard InChI is InChI=1S/C15H28N2O/c1-10-4-5-14(11(2)8-10)17-15(18)13-6-7-16-12(3)9-13/h10-14,16H,4-9H2,1-3H3,(H,17,18). The van der Waals surface area contributed by atoms with Crippen LogP contribution in [0.4, 0.5) is 0 Å². The van der Waals surface area contributed by atoms with E-state index in [1.165, 1.54) is 12.8 Å². The number of rotatable bonds is 2. The van der Waals surface area contributed by atoms with E-state index >= 15 is 0 Å². The molecule has 2 rings (SSSR count). The first-order valence-electron chi connectivity index (χ1n) is 7.60. The average molecular weight is 252 g/mol. The van der Waals surface area contributed by atoms with E-state index in [1.807, 2.05) is 0 Å². The van der Waals surface area contributed by atoms with Gasteiger partial charge in [0, 0.05) is 18.0 Å². The summed E-state index contributed by atoms with van der Waals surface area (Å²) in [5.41, 5.74) is 0. The van der Waals surface area contributed by atoms with Crippen molar-refractivity contribution in [1.82, 2.24) is 10.6 Å². The Balaban J connectivity index is 1.83. The smallest absolute Gasteiger partial charge is 0.223 e. The third-order valence-corrected chi connectivity index (χ3v) is 4.75. The van der Waals surface area contributed by atoms with Gasteiger partial charge < -0.3 is 10.6 Å². The molecule has 104 valence electrons. The topological polar surface area (TPSA) is 41.1 Å². The summed E-state index contributed by atoms with van der Waals surface area (Å²) in [6, 6.07) is 0.900. The number of hydrogen-bond donors (Lipinski definition) is 2. The SMILES string of the molecule is CC1CCC(NC(=O)C2CCNC(C)C2)C(C)C1. The first kappa shape index (κ1) is 13.9. The van der Waals surface area contributed by atoms with Crippen LogP contribution in [0.25, 0.3) is 0 Å². The van der Waals surface area contributed by atoms with Crippen LogP contribution in [-0.4, -0.2) is 24.5 Å². The molecule has 2 N–H and O–H groups in total. The molecule has 0 aromatic rings. The number of hydrogen-bond acceptors (Lipinski definition) is 2. The zero-order chi connectivity index (χ0) is 13.1. The van der Waals surface area contributed by atoms with E-state index in [1.54, 1.807) is 0 Å². The van der Waals surface area contributed by atoms with E-state index in [4.69, 9.17) is 0 Å². The number of amides is 1. The molecule has 0 spiro atoms. The maximum Gasteiger partial charge on any atom is 0.223 e. The second kappa shape index (κ2) is 6.05. The Bertz CT molecular complexity index is 292. The van der Waals surface area contributed by atoms with Gasteiger partial charge in [-0.2, -0.15) is 0 Å². The van der Waals surface area contributed by atoms with Gasteiger partial charge in [-0.25, -0.2) is 0 Å². The summed E-state index contributed by atoms with van der Waals surface area (Å²) in [5, 5.41) is 6.72. The number of nitrogens with one attached hydrogen (secondary N) is 2. The molecule has 1 heterocycles. The summed E-state index contributed by atoms with van der Waals surface area (Å²) in [7, 11) is 0. The maximum atomic E-state index is 12.3. The maximum absolute atomic E-state index is 12.3. The van der Waals surface area contributed by atoms with Crippen molar-refractivity contribution in [2.75, 3.05) is 6.54 Å². The summed E-state index contributed by atoms with van der Waals surface area (Å²) in [5.74, 6) is 1.99. The molecule has 3 heteroatoms. The molecule has 2 aliphatic rings. The lowest BCUT2D eigenvalue weighted by atomic mass is 9.79. The molecule has 3 nitrogen and oxygen atoms in total. The van der Waals surface area contributed by atoms with Crippen LogP contribution in [0.1, 0.15) is 52.9 Å². The summed E-state index contributed by atoms with van der Waals surface area (Å²) < 4.78 is 0. The fourth-order valence-corrected chi connectivity index (χ4v) is 3.55. The molecule has 2 fully saturated rings. The Hall–Kier alpha value is -0.570.